The van der Waals surface area contributed by atoms with Crippen molar-refractivity contribution in [1.82, 2.24) is 9.97 Å². The zero-order valence-electron chi connectivity index (χ0n) is 15.6. The molecule has 1 N–H and O–H groups in total. The maximum atomic E-state index is 12.7. The fourth-order valence-corrected chi connectivity index (χ4v) is 4.84. The second-order valence-corrected chi connectivity index (χ2v) is 8.64. The van der Waals surface area contributed by atoms with Gasteiger partial charge in [-0.05, 0) is 30.5 Å². The average molecular weight is 454 g/mol. The molecule has 3 heterocycles. The van der Waals surface area contributed by atoms with E-state index in [1.807, 2.05) is 10.3 Å². The van der Waals surface area contributed by atoms with Crippen molar-refractivity contribution in [2.75, 3.05) is 16.8 Å². The largest absolute Gasteiger partial charge is 0.573 e. The van der Waals surface area contributed by atoms with E-state index in [9.17, 15) is 18.0 Å². The average Bonchev–Trinajstić information content (AvgIpc) is 3.43. The Hall–Kier alpha value is -2.66. The SMILES string of the molecule is O=C(Nc1ncc(Cc2ccc(OC(F)(F)F)cc2)s1)[C@@H]1CCCN1c1nccs1. The van der Waals surface area contributed by atoms with Crippen LogP contribution in [0, 0.1) is 0 Å². The maximum absolute atomic E-state index is 12.7. The molecule has 1 aromatic carbocycles. The lowest BCUT2D eigenvalue weighted by atomic mass is 10.1. The van der Waals surface area contributed by atoms with Gasteiger partial charge >= 0.3 is 6.36 Å². The molecule has 30 heavy (non-hydrogen) atoms. The van der Waals surface area contributed by atoms with E-state index in [-0.39, 0.29) is 17.7 Å². The van der Waals surface area contributed by atoms with Crippen LogP contribution in [0.5, 0.6) is 5.75 Å². The Morgan fingerprint density at radius 1 is 1.27 bits per heavy atom. The Morgan fingerprint density at radius 2 is 2.07 bits per heavy atom. The highest BCUT2D eigenvalue weighted by molar-refractivity contribution is 7.15. The summed E-state index contributed by atoms with van der Waals surface area (Å²) in [7, 11) is 0. The summed E-state index contributed by atoms with van der Waals surface area (Å²) in [6.45, 7) is 0.794. The van der Waals surface area contributed by atoms with Crippen molar-refractivity contribution in [3.8, 4) is 5.75 Å². The van der Waals surface area contributed by atoms with Crippen LogP contribution in [0.15, 0.2) is 42.0 Å². The van der Waals surface area contributed by atoms with Gasteiger partial charge in [-0.3, -0.25) is 4.79 Å². The first-order valence-electron chi connectivity index (χ1n) is 9.14. The number of rotatable bonds is 6. The molecule has 6 nitrogen and oxygen atoms in total. The lowest BCUT2D eigenvalue weighted by molar-refractivity contribution is -0.274. The molecule has 0 spiro atoms. The summed E-state index contributed by atoms with van der Waals surface area (Å²) in [6, 6.07) is 5.43. The zero-order chi connectivity index (χ0) is 21.1. The molecule has 1 fully saturated rings. The van der Waals surface area contributed by atoms with Crippen LogP contribution in [0.3, 0.4) is 0 Å². The molecule has 4 rings (SSSR count). The molecule has 1 saturated heterocycles. The molecule has 1 aliphatic rings. The van der Waals surface area contributed by atoms with E-state index in [1.54, 1.807) is 24.5 Å². The fraction of sp³-hybridized carbons (Fsp3) is 0.316. The van der Waals surface area contributed by atoms with Gasteiger partial charge in [-0.1, -0.05) is 12.1 Å². The van der Waals surface area contributed by atoms with Crippen molar-refractivity contribution in [2.45, 2.75) is 31.7 Å². The number of thiazole rings is 2. The molecule has 1 atom stereocenters. The Balaban J connectivity index is 1.35. The number of hydrogen-bond donors (Lipinski definition) is 1. The van der Waals surface area contributed by atoms with Crippen molar-refractivity contribution in [3.05, 3.63) is 52.5 Å². The van der Waals surface area contributed by atoms with Gasteiger partial charge in [0.1, 0.15) is 11.8 Å². The second kappa shape index (κ2) is 8.60. The zero-order valence-corrected chi connectivity index (χ0v) is 17.2. The normalized spacial score (nSPS) is 16.6. The van der Waals surface area contributed by atoms with Gasteiger partial charge in [0.2, 0.25) is 5.91 Å². The Labute approximate surface area is 178 Å². The standard InChI is InChI=1S/C19H17F3N4O2S2/c20-19(21,22)28-13-5-3-12(4-6-13)10-14-11-24-17(30-14)25-16(27)15-2-1-8-26(15)18-23-7-9-29-18/h3-7,9,11,15H,1-2,8,10H2,(H,24,25,27)/t15-/m0/s1. The molecule has 0 unspecified atom stereocenters. The number of anilines is 2. The summed E-state index contributed by atoms with van der Waals surface area (Å²) in [6.07, 6.45) is 0.857. The highest BCUT2D eigenvalue weighted by Gasteiger charge is 2.33. The predicted molar refractivity (Wildman–Crippen MR) is 109 cm³/mol. The van der Waals surface area contributed by atoms with Crippen LogP contribution >= 0.6 is 22.7 Å². The second-order valence-electron chi connectivity index (χ2n) is 6.66. The van der Waals surface area contributed by atoms with Gasteiger partial charge in [0.05, 0.1) is 0 Å². The van der Waals surface area contributed by atoms with E-state index < -0.39 is 6.36 Å². The smallest absolute Gasteiger partial charge is 0.406 e. The summed E-state index contributed by atoms with van der Waals surface area (Å²) in [5.41, 5.74) is 0.816. The van der Waals surface area contributed by atoms with Crippen molar-refractivity contribution < 1.29 is 22.7 Å². The molecule has 11 heteroatoms. The summed E-state index contributed by atoms with van der Waals surface area (Å²) >= 11 is 2.85. The molecule has 1 amide bonds. The topological polar surface area (TPSA) is 67.3 Å². The third kappa shape index (κ3) is 5.08. The number of amides is 1. The third-order valence-corrected chi connectivity index (χ3v) is 6.26. The lowest BCUT2D eigenvalue weighted by Crippen LogP contribution is -2.39. The molecule has 0 saturated carbocycles. The molecule has 0 radical (unpaired) electrons. The van der Waals surface area contributed by atoms with E-state index in [0.29, 0.717) is 11.6 Å². The highest BCUT2D eigenvalue weighted by Crippen LogP contribution is 2.29. The van der Waals surface area contributed by atoms with Gasteiger partial charge in [-0.25, -0.2) is 9.97 Å². The van der Waals surface area contributed by atoms with Crippen molar-refractivity contribution in [2.24, 2.45) is 0 Å². The fourth-order valence-electron chi connectivity index (χ4n) is 3.27. The summed E-state index contributed by atoms with van der Waals surface area (Å²) in [4.78, 5) is 24.2. The Bertz CT molecular complexity index is 990. The minimum absolute atomic E-state index is 0.114. The minimum Gasteiger partial charge on any atom is -0.406 e. The van der Waals surface area contributed by atoms with E-state index in [2.05, 4.69) is 20.0 Å². The number of carbonyl (C=O) groups is 1. The Kier molecular flexibility index (Phi) is 5.91. The number of halogens is 3. The molecule has 158 valence electrons. The monoisotopic (exact) mass is 454 g/mol. The number of nitrogens with zero attached hydrogens (tertiary/aromatic N) is 3. The molecular formula is C19H17F3N4O2S2. The lowest BCUT2D eigenvalue weighted by Gasteiger charge is -2.22. The van der Waals surface area contributed by atoms with Crippen molar-refractivity contribution in [3.63, 3.8) is 0 Å². The van der Waals surface area contributed by atoms with Gasteiger partial charge in [0.15, 0.2) is 10.3 Å². The van der Waals surface area contributed by atoms with Crippen molar-refractivity contribution >= 4 is 38.8 Å². The van der Waals surface area contributed by atoms with Crippen LogP contribution in [0.2, 0.25) is 0 Å². The van der Waals surface area contributed by atoms with Crippen LogP contribution in [-0.2, 0) is 11.2 Å². The van der Waals surface area contributed by atoms with Crippen LogP contribution in [-0.4, -0.2) is 34.8 Å². The predicted octanol–water partition coefficient (Wildman–Crippen LogP) is 4.70. The van der Waals surface area contributed by atoms with Gasteiger partial charge in [0.25, 0.3) is 0 Å². The number of hydrogen-bond acceptors (Lipinski definition) is 7. The van der Waals surface area contributed by atoms with Gasteiger partial charge in [0, 0.05) is 35.6 Å². The summed E-state index contributed by atoms with van der Waals surface area (Å²) in [5, 5.41) is 6.10. The number of nitrogens with one attached hydrogen (secondary N) is 1. The van der Waals surface area contributed by atoms with E-state index in [4.69, 9.17) is 0 Å². The molecule has 0 bridgehead atoms. The number of carbonyl (C=O) groups excluding carboxylic acids is 1. The number of alkyl halides is 3. The quantitative estimate of drug-likeness (QED) is 0.585. The first-order valence-corrected chi connectivity index (χ1v) is 10.8. The first kappa shape index (κ1) is 20.6. The third-order valence-electron chi connectivity index (χ3n) is 4.54. The molecular weight excluding hydrogens is 437 g/mol. The van der Waals surface area contributed by atoms with Gasteiger partial charge in [-0.15, -0.1) is 35.8 Å². The highest BCUT2D eigenvalue weighted by atomic mass is 32.1. The van der Waals surface area contributed by atoms with Gasteiger partial charge in [-0.2, -0.15) is 0 Å². The summed E-state index contributed by atoms with van der Waals surface area (Å²) < 4.78 is 40.6. The molecule has 1 aliphatic heterocycles. The van der Waals surface area contributed by atoms with E-state index in [1.165, 1.54) is 34.8 Å². The number of ether oxygens (including phenoxy) is 1. The van der Waals surface area contributed by atoms with E-state index >= 15 is 0 Å². The minimum atomic E-state index is -4.71. The van der Waals surface area contributed by atoms with Crippen LogP contribution < -0.4 is 15.0 Å². The van der Waals surface area contributed by atoms with Crippen LogP contribution in [0.4, 0.5) is 23.4 Å². The maximum Gasteiger partial charge on any atom is 0.573 e. The molecule has 0 aliphatic carbocycles. The first-order chi connectivity index (χ1) is 14.4. The van der Waals surface area contributed by atoms with Crippen LogP contribution in [0.1, 0.15) is 23.3 Å². The molecule has 2 aromatic heterocycles. The van der Waals surface area contributed by atoms with Crippen molar-refractivity contribution in [1.29, 1.82) is 0 Å². The van der Waals surface area contributed by atoms with Crippen LogP contribution in [0.25, 0.3) is 0 Å². The summed E-state index contributed by atoms with van der Waals surface area (Å²) in [5.74, 6) is -0.373. The number of benzene rings is 1. The van der Waals surface area contributed by atoms with E-state index in [0.717, 1.165) is 35.0 Å². The van der Waals surface area contributed by atoms with Gasteiger partial charge < -0.3 is 15.0 Å². The molecule has 3 aromatic rings. The Morgan fingerprint density at radius 3 is 2.77 bits per heavy atom. The number of aromatic nitrogens is 2.